The molecule has 0 spiro atoms. The van der Waals surface area contributed by atoms with Crippen LogP contribution in [-0.2, 0) is 0 Å². The van der Waals surface area contributed by atoms with E-state index in [0.29, 0.717) is 5.92 Å². The Morgan fingerprint density at radius 2 is 1.32 bits per heavy atom. The van der Waals surface area contributed by atoms with Crippen molar-refractivity contribution in [3.63, 3.8) is 0 Å². The third kappa shape index (κ3) is 3.45. The molecule has 0 aliphatic carbocycles. The van der Waals surface area contributed by atoms with E-state index in [1.807, 2.05) is 6.92 Å². The van der Waals surface area contributed by atoms with E-state index in [0.717, 1.165) is 0 Å². The summed E-state index contributed by atoms with van der Waals surface area (Å²) in [6.07, 6.45) is 6.37. The molecule has 0 fully saturated rings. The molecule has 0 saturated heterocycles. The van der Waals surface area contributed by atoms with Crippen molar-refractivity contribution in [2.75, 3.05) is 0 Å². The van der Waals surface area contributed by atoms with Crippen molar-refractivity contribution in [2.45, 2.75) is 19.8 Å². The van der Waals surface area contributed by atoms with Gasteiger partial charge in [-0.05, 0) is 25.0 Å². The zero-order valence-electron chi connectivity index (χ0n) is 11.6. The Hall–Kier alpha value is -2.08. The molecule has 0 aliphatic rings. The smallest absolute Gasteiger partial charge is 0.0299 e. The molecule has 0 amide bonds. The summed E-state index contributed by atoms with van der Waals surface area (Å²) in [5, 5.41) is 0. The predicted molar refractivity (Wildman–Crippen MR) is 83.3 cm³/mol. The fraction of sp³-hybridized carbons (Fsp3) is 0.158. The van der Waals surface area contributed by atoms with Crippen LogP contribution >= 0.6 is 0 Å². The molecule has 0 bridgehead atoms. The van der Waals surface area contributed by atoms with Crippen molar-refractivity contribution in [3.05, 3.63) is 95.6 Å². The largest absolute Gasteiger partial charge is 0.0877 e. The lowest BCUT2D eigenvalue weighted by Gasteiger charge is -2.19. The third-order valence-electron chi connectivity index (χ3n) is 3.27. The maximum absolute atomic E-state index is 2.20. The normalized spacial score (nSPS) is 12.3. The maximum Gasteiger partial charge on any atom is 0.0299 e. The predicted octanol–water partition coefficient (Wildman–Crippen LogP) is 5.34. The van der Waals surface area contributed by atoms with Crippen LogP contribution in [0.2, 0.25) is 0 Å². The second-order valence-corrected chi connectivity index (χ2v) is 4.69. The van der Waals surface area contributed by atoms with E-state index in [4.69, 9.17) is 0 Å². The van der Waals surface area contributed by atoms with E-state index in [1.54, 1.807) is 0 Å². The fourth-order valence-electron chi connectivity index (χ4n) is 2.35. The van der Waals surface area contributed by atoms with Gasteiger partial charge in [0.25, 0.3) is 0 Å². The van der Waals surface area contributed by atoms with Crippen molar-refractivity contribution in [2.24, 2.45) is 0 Å². The fourth-order valence-corrected chi connectivity index (χ4v) is 2.35. The highest BCUT2D eigenvalue weighted by Crippen LogP contribution is 2.31. The first-order chi connectivity index (χ1) is 9.33. The van der Waals surface area contributed by atoms with Crippen LogP contribution in [0.1, 0.15) is 30.9 Å². The Balaban J connectivity index is 2.46. The molecule has 0 aliphatic heterocycles. The minimum absolute atomic E-state index is 0.332. The van der Waals surface area contributed by atoms with E-state index in [9.17, 15) is 0 Å². The molecule has 0 radical (unpaired) electrons. The Morgan fingerprint density at radius 1 is 0.842 bits per heavy atom. The van der Waals surface area contributed by atoms with Crippen LogP contribution in [0.3, 0.4) is 0 Å². The van der Waals surface area contributed by atoms with Crippen LogP contribution in [-0.4, -0.2) is 0 Å². The van der Waals surface area contributed by atoms with Gasteiger partial charge in [0, 0.05) is 5.92 Å². The lowest BCUT2D eigenvalue weighted by molar-refractivity contribution is 0.946. The Labute approximate surface area is 116 Å². The highest BCUT2D eigenvalue weighted by atomic mass is 14.2. The van der Waals surface area contributed by atoms with Gasteiger partial charge in [-0.15, -0.1) is 0 Å². The van der Waals surface area contributed by atoms with E-state index < -0.39 is 0 Å². The van der Waals surface area contributed by atoms with Gasteiger partial charge in [-0.25, -0.2) is 0 Å². The van der Waals surface area contributed by atoms with Crippen molar-refractivity contribution in [3.8, 4) is 0 Å². The maximum atomic E-state index is 2.20. The molecular formula is C19H20. The monoisotopic (exact) mass is 248 g/mol. The van der Waals surface area contributed by atoms with Gasteiger partial charge in [0.05, 0.1) is 0 Å². The Morgan fingerprint density at radius 3 is 1.74 bits per heavy atom. The average molecular weight is 248 g/mol. The number of hydrogen-bond acceptors (Lipinski definition) is 0. The molecule has 0 N–H and O–H groups in total. The number of benzene rings is 2. The van der Waals surface area contributed by atoms with Crippen molar-refractivity contribution in [1.82, 2.24) is 0 Å². The highest BCUT2D eigenvalue weighted by Gasteiger charge is 2.14. The lowest BCUT2D eigenvalue weighted by atomic mass is 9.85. The molecule has 0 unspecified atom stereocenters. The first kappa shape index (κ1) is 13.4. The Bertz CT molecular complexity index is 508. The van der Waals surface area contributed by atoms with Crippen LogP contribution < -0.4 is 0 Å². The molecule has 0 heteroatoms. The lowest BCUT2D eigenvalue weighted by Crippen LogP contribution is -2.02. The summed E-state index contributed by atoms with van der Waals surface area (Å²) in [5.74, 6) is 0.332. The van der Waals surface area contributed by atoms with Gasteiger partial charge in [-0.2, -0.15) is 0 Å². The molecule has 0 heterocycles. The second kappa shape index (κ2) is 6.75. The zero-order valence-corrected chi connectivity index (χ0v) is 11.6. The SMILES string of the molecule is C/C=C\C=C(/C)C(c1ccccc1)c1ccccc1. The topological polar surface area (TPSA) is 0 Å². The highest BCUT2D eigenvalue weighted by molar-refractivity contribution is 5.41. The van der Waals surface area contributed by atoms with Gasteiger partial charge >= 0.3 is 0 Å². The molecule has 2 rings (SSSR count). The molecule has 0 saturated carbocycles. The van der Waals surface area contributed by atoms with Crippen molar-refractivity contribution >= 4 is 0 Å². The van der Waals surface area contributed by atoms with Crippen molar-refractivity contribution in [1.29, 1.82) is 0 Å². The summed E-state index contributed by atoms with van der Waals surface area (Å²) in [6, 6.07) is 21.3. The molecule has 19 heavy (non-hydrogen) atoms. The van der Waals surface area contributed by atoms with Gasteiger partial charge in [-0.1, -0.05) is 84.5 Å². The third-order valence-corrected chi connectivity index (χ3v) is 3.27. The summed E-state index contributed by atoms with van der Waals surface area (Å²) < 4.78 is 0. The van der Waals surface area contributed by atoms with E-state index in [1.165, 1.54) is 16.7 Å². The van der Waals surface area contributed by atoms with Gasteiger partial charge < -0.3 is 0 Å². The second-order valence-electron chi connectivity index (χ2n) is 4.69. The summed E-state index contributed by atoms with van der Waals surface area (Å²) >= 11 is 0. The minimum atomic E-state index is 0.332. The van der Waals surface area contributed by atoms with Crippen LogP contribution in [0.4, 0.5) is 0 Å². The van der Waals surface area contributed by atoms with Gasteiger partial charge in [0.1, 0.15) is 0 Å². The molecular weight excluding hydrogens is 228 g/mol. The van der Waals surface area contributed by atoms with Crippen LogP contribution in [0.25, 0.3) is 0 Å². The average Bonchev–Trinajstić information content (AvgIpc) is 2.47. The van der Waals surface area contributed by atoms with E-state index in [2.05, 4.69) is 85.8 Å². The summed E-state index contributed by atoms with van der Waals surface area (Å²) in [6.45, 7) is 4.24. The number of hydrogen-bond donors (Lipinski definition) is 0. The molecule has 96 valence electrons. The number of allylic oxidation sites excluding steroid dienone is 4. The molecule has 0 nitrogen and oxygen atoms in total. The van der Waals surface area contributed by atoms with Gasteiger partial charge in [-0.3, -0.25) is 0 Å². The Kier molecular flexibility index (Phi) is 4.74. The van der Waals surface area contributed by atoms with Crippen LogP contribution in [0.15, 0.2) is 84.5 Å². The van der Waals surface area contributed by atoms with Crippen molar-refractivity contribution < 1.29 is 0 Å². The van der Waals surface area contributed by atoms with E-state index >= 15 is 0 Å². The van der Waals surface area contributed by atoms with E-state index in [-0.39, 0.29) is 0 Å². The minimum Gasteiger partial charge on any atom is -0.0877 e. The molecule has 2 aromatic carbocycles. The first-order valence-electron chi connectivity index (χ1n) is 6.72. The molecule has 0 aromatic heterocycles. The van der Waals surface area contributed by atoms with Gasteiger partial charge in [0.15, 0.2) is 0 Å². The van der Waals surface area contributed by atoms with Crippen LogP contribution in [0, 0.1) is 0 Å². The van der Waals surface area contributed by atoms with Gasteiger partial charge in [0.2, 0.25) is 0 Å². The summed E-state index contributed by atoms with van der Waals surface area (Å²) in [7, 11) is 0. The quantitative estimate of drug-likeness (QED) is 0.640. The number of rotatable bonds is 4. The zero-order chi connectivity index (χ0) is 13.5. The first-order valence-corrected chi connectivity index (χ1v) is 6.72. The van der Waals surface area contributed by atoms with Crippen LogP contribution in [0.5, 0.6) is 0 Å². The molecule has 0 atom stereocenters. The summed E-state index contributed by atoms with van der Waals surface area (Å²) in [5.41, 5.74) is 4.04. The molecule has 2 aromatic rings. The summed E-state index contributed by atoms with van der Waals surface area (Å²) in [4.78, 5) is 0. The standard InChI is InChI=1S/C19H20/c1-3-4-11-16(2)19(17-12-7-5-8-13-17)18-14-9-6-10-15-18/h3-15,19H,1-2H3/b4-3-,16-11+.